The van der Waals surface area contributed by atoms with E-state index >= 15 is 0 Å². The number of ether oxygens (including phenoxy) is 2. The molecule has 0 spiro atoms. The van der Waals surface area contributed by atoms with Crippen LogP contribution in [0, 0.1) is 6.92 Å². The molecule has 0 aliphatic carbocycles. The first-order valence-electron chi connectivity index (χ1n) is 10.4. The summed E-state index contributed by atoms with van der Waals surface area (Å²) in [7, 11) is 0. The van der Waals surface area contributed by atoms with Gasteiger partial charge in [0.25, 0.3) is 5.56 Å². The van der Waals surface area contributed by atoms with Crippen molar-refractivity contribution in [2.75, 3.05) is 17.9 Å². The minimum absolute atomic E-state index is 0.0791. The molecule has 0 radical (unpaired) electrons. The van der Waals surface area contributed by atoms with E-state index in [1.807, 2.05) is 43.5 Å². The number of aromatic nitrogens is 2. The van der Waals surface area contributed by atoms with Gasteiger partial charge in [-0.15, -0.1) is 11.3 Å². The highest BCUT2D eigenvalue weighted by molar-refractivity contribution is 7.99. The molecule has 2 aromatic heterocycles. The highest BCUT2D eigenvalue weighted by Gasteiger charge is 2.18. The van der Waals surface area contributed by atoms with Gasteiger partial charge in [0.1, 0.15) is 4.70 Å². The van der Waals surface area contributed by atoms with Gasteiger partial charge in [0, 0.05) is 29.2 Å². The predicted molar refractivity (Wildman–Crippen MR) is 132 cm³/mol. The Morgan fingerprint density at radius 2 is 1.97 bits per heavy atom. The zero-order valence-electron chi connectivity index (χ0n) is 18.1. The zero-order chi connectivity index (χ0) is 22.9. The van der Waals surface area contributed by atoms with Crippen LogP contribution in [0.2, 0.25) is 0 Å². The van der Waals surface area contributed by atoms with E-state index in [9.17, 15) is 9.59 Å². The Morgan fingerprint density at radius 1 is 1.18 bits per heavy atom. The second-order valence-corrected chi connectivity index (χ2v) is 9.36. The van der Waals surface area contributed by atoms with Crippen LogP contribution in [0.4, 0.5) is 5.69 Å². The largest absolute Gasteiger partial charge is 0.454 e. The number of benzene rings is 2. The molecule has 1 aliphatic rings. The summed E-state index contributed by atoms with van der Waals surface area (Å²) in [4.78, 5) is 30.5. The standard InChI is InChI=1S/C24H21N3O4S2/c1-3-27-23(29)22-21(17(11-32-22)15-6-4-14(2)5-7-15)26-24(27)33-12-20(28)25-16-8-9-18-19(10-16)31-13-30-18/h4-11H,3,12-13H2,1-2H3,(H,25,28). The summed E-state index contributed by atoms with van der Waals surface area (Å²) < 4.78 is 12.9. The third-order valence-corrected chi connectivity index (χ3v) is 7.24. The number of anilines is 1. The maximum Gasteiger partial charge on any atom is 0.272 e. The lowest BCUT2D eigenvalue weighted by atomic mass is 10.1. The number of rotatable bonds is 6. The number of aryl methyl sites for hydroxylation is 1. The van der Waals surface area contributed by atoms with Crippen molar-refractivity contribution in [3.63, 3.8) is 0 Å². The average Bonchev–Trinajstić information content (AvgIpc) is 3.45. The molecule has 1 amide bonds. The molecule has 0 unspecified atom stereocenters. The normalized spacial score (nSPS) is 12.3. The molecule has 168 valence electrons. The van der Waals surface area contributed by atoms with Crippen molar-refractivity contribution in [1.29, 1.82) is 0 Å². The van der Waals surface area contributed by atoms with Gasteiger partial charge in [-0.2, -0.15) is 0 Å². The van der Waals surface area contributed by atoms with E-state index in [0.717, 1.165) is 11.1 Å². The molecule has 33 heavy (non-hydrogen) atoms. The Balaban J connectivity index is 1.40. The molecule has 7 nitrogen and oxygen atoms in total. The lowest BCUT2D eigenvalue weighted by molar-refractivity contribution is -0.113. The smallest absolute Gasteiger partial charge is 0.272 e. The Labute approximate surface area is 198 Å². The Hall–Kier alpha value is -3.30. The number of nitrogens with zero attached hydrogens (tertiary/aromatic N) is 2. The monoisotopic (exact) mass is 479 g/mol. The fourth-order valence-corrected chi connectivity index (χ4v) is 5.43. The third kappa shape index (κ3) is 4.21. The third-order valence-electron chi connectivity index (χ3n) is 5.31. The minimum Gasteiger partial charge on any atom is -0.454 e. The highest BCUT2D eigenvalue weighted by atomic mass is 32.2. The van der Waals surface area contributed by atoms with Crippen molar-refractivity contribution in [2.45, 2.75) is 25.5 Å². The summed E-state index contributed by atoms with van der Waals surface area (Å²) in [5.41, 5.74) is 4.35. The van der Waals surface area contributed by atoms with Gasteiger partial charge < -0.3 is 14.8 Å². The van der Waals surface area contributed by atoms with Crippen LogP contribution in [0.25, 0.3) is 21.3 Å². The maximum absolute atomic E-state index is 13.1. The van der Waals surface area contributed by atoms with Gasteiger partial charge in [-0.1, -0.05) is 41.6 Å². The first-order chi connectivity index (χ1) is 16.0. The number of thiophene rings is 1. The minimum atomic E-state index is -0.194. The lowest BCUT2D eigenvalue weighted by Crippen LogP contribution is -2.22. The molecule has 0 saturated heterocycles. The van der Waals surface area contributed by atoms with Gasteiger partial charge in [-0.25, -0.2) is 4.98 Å². The second-order valence-electron chi connectivity index (χ2n) is 7.54. The predicted octanol–water partition coefficient (Wildman–Crippen LogP) is 4.91. The fraction of sp³-hybridized carbons (Fsp3) is 0.208. The quantitative estimate of drug-likeness (QED) is 0.312. The molecule has 0 fully saturated rings. The Bertz CT molecular complexity index is 1410. The van der Waals surface area contributed by atoms with Crippen molar-refractivity contribution in [2.24, 2.45) is 0 Å². The Kier molecular flexibility index (Phi) is 5.82. The van der Waals surface area contributed by atoms with Gasteiger partial charge in [0.2, 0.25) is 12.7 Å². The van der Waals surface area contributed by atoms with Gasteiger partial charge in [-0.3, -0.25) is 14.2 Å². The van der Waals surface area contributed by atoms with Crippen molar-refractivity contribution >= 4 is 44.9 Å². The van der Waals surface area contributed by atoms with Crippen molar-refractivity contribution in [3.8, 4) is 22.6 Å². The number of hydrogen-bond acceptors (Lipinski definition) is 7. The van der Waals surface area contributed by atoms with Crippen LogP contribution in [0.1, 0.15) is 12.5 Å². The molecule has 9 heteroatoms. The van der Waals surface area contributed by atoms with Crippen molar-refractivity contribution in [1.82, 2.24) is 9.55 Å². The summed E-state index contributed by atoms with van der Waals surface area (Å²) >= 11 is 2.66. The molecule has 3 heterocycles. The van der Waals surface area contributed by atoms with Gasteiger partial charge in [0.15, 0.2) is 16.7 Å². The van der Waals surface area contributed by atoms with Crippen molar-refractivity contribution in [3.05, 3.63) is 63.8 Å². The van der Waals surface area contributed by atoms with Crippen LogP contribution in [0.5, 0.6) is 11.5 Å². The molecule has 4 aromatic rings. The molecule has 1 N–H and O–H groups in total. The van der Waals surface area contributed by atoms with Crippen LogP contribution in [-0.4, -0.2) is 28.0 Å². The molecule has 1 aliphatic heterocycles. The number of carbonyl (C=O) groups is 1. The van der Waals surface area contributed by atoms with Gasteiger partial charge in [-0.05, 0) is 31.5 Å². The number of nitrogens with one attached hydrogen (secondary N) is 1. The van der Waals surface area contributed by atoms with E-state index in [-0.39, 0.29) is 24.0 Å². The van der Waals surface area contributed by atoms with Gasteiger partial charge >= 0.3 is 0 Å². The SMILES string of the molecule is CCn1c(SCC(=O)Nc2ccc3c(c2)OCO3)nc2c(-c3ccc(C)cc3)csc2c1=O. The Morgan fingerprint density at radius 3 is 2.76 bits per heavy atom. The number of amides is 1. The number of thioether (sulfide) groups is 1. The molecule has 2 aromatic carbocycles. The number of fused-ring (bicyclic) bond motifs is 2. The van der Waals surface area contributed by atoms with Crippen LogP contribution < -0.4 is 20.3 Å². The van der Waals surface area contributed by atoms with E-state index in [1.54, 1.807) is 22.8 Å². The highest BCUT2D eigenvalue weighted by Crippen LogP contribution is 2.35. The molecule has 0 saturated carbocycles. The zero-order valence-corrected chi connectivity index (χ0v) is 19.7. The lowest BCUT2D eigenvalue weighted by Gasteiger charge is -2.11. The summed E-state index contributed by atoms with van der Waals surface area (Å²) in [6.07, 6.45) is 0. The van der Waals surface area contributed by atoms with Crippen LogP contribution in [-0.2, 0) is 11.3 Å². The topological polar surface area (TPSA) is 82.5 Å². The van der Waals surface area contributed by atoms with Crippen LogP contribution in [0.3, 0.4) is 0 Å². The summed E-state index contributed by atoms with van der Waals surface area (Å²) in [5, 5.41) is 5.37. The summed E-state index contributed by atoms with van der Waals surface area (Å²) in [6.45, 7) is 4.60. The number of carbonyl (C=O) groups excluding carboxylic acids is 1. The second kappa shape index (κ2) is 8.92. The van der Waals surface area contributed by atoms with Crippen molar-refractivity contribution < 1.29 is 14.3 Å². The van der Waals surface area contributed by atoms with Crippen LogP contribution >= 0.6 is 23.1 Å². The maximum atomic E-state index is 13.1. The number of hydrogen-bond donors (Lipinski definition) is 1. The average molecular weight is 480 g/mol. The van der Waals surface area contributed by atoms with E-state index < -0.39 is 0 Å². The first kappa shape index (κ1) is 21.5. The van der Waals surface area contributed by atoms with Crippen LogP contribution in [0.15, 0.2) is 57.8 Å². The van der Waals surface area contributed by atoms with E-state index in [0.29, 0.717) is 39.1 Å². The van der Waals surface area contributed by atoms with E-state index in [2.05, 4.69) is 5.32 Å². The first-order valence-corrected chi connectivity index (χ1v) is 12.3. The molecule has 0 bridgehead atoms. The summed E-state index contributed by atoms with van der Waals surface area (Å²) in [5.74, 6) is 1.19. The molecular formula is C24H21N3O4S2. The van der Waals surface area contributed by atoms with E-state index in [1.165, 1.54) is 28.7 Å². The van der Waals surface area contributed by atoms with E-state index in [4.69, 9.17) is 14.5 Å². The molecule has 0 atom stereocenters. The summed E-state index contributed by atoms with van der Waals surface area (Å²) in [6, 6.07) is 13.4. The van der Waals surface area contributed by atoms with Gasteiger partial charge in [0.05, 0.1) is 11.3 Å². The molecule has 5 rings (SSSR count). The fourth-order valence-electron chi connectivity index (χ4n) is 3.61. The molecular weight excluding hydrogens is 458 g/mol.